The highest BCUT2D eigenvalue weighted by molar-refractivity contribution is 6.33. The Hall–Kier alpha value is -2.17. The van der Waals surface area contributed by atoms with E-state index in [9.17, 15) is 0 Å². The molecule has 5 heteroatoms. The van der Waals surface area contributed by atoms with Gasteiger partial charge in [-0.15, -0.1) is 10.2 Å². The lowest BCUT2D eigenvalue weighted by Crippen LogP contribution is -2.25. The molecule has 0 radical (unpaired) electrons. The molecule has 4 nitrogen and oxygen atoms in total. The quantitative estimate of drug-likeness (QED) is 0.694. The zero-order chi connectivity index (χ0) is 16.9. The molecule has 0 fully saturated rings. The fraction of sp³-hybridized carbons (Fsp3) is 0.263. The predicted molar refractivity (Wildman–Crippen MR) is 95.6 cm³/mol. The van der Waals surface area contributed by atoms with E-state index in [1.54, 1.807) is 0 Å². The topological polar surface area (TPSA) is 51.0 Å². The van der Waals surface area contributed by atoms with Crippen molar-refractivity contribution in [3.63, 3.8) is 0 Å². The Bertz CT molecular complexity index is 786. The van der Waals surface area contributed by atoms with Crippen molar-refractivity contribution in [1.82, 2.24) is 15.5 Å². The van der Waals surface area contributed by atoms with E-state index in [2.05, 4.69) is 53.6 Å². The first-order valence-electron chi connectivity index (χ1n) is 8.00. The fourth-order valence-electron chi connectivity index (χ4n) is 2.66. The molecule has 0 amide bonds. The van der Waals surface area contributed by atoms with Crippen molar-refractivity contribution in [2.75, 3.05) is 0 Å². The molecular formula is C19H20ClN3O. The average molecular weight is 342 g/mol. The van der Waals surface area contributed by atoms with Crippen molar-refractivity contribution >= 4 is 11.6 Å². The number of hydrogen-bond acceptors (Lipinski definition) is 4. The summed E-state index contributed by atoms with van der Waals surface area (Å²) in [5.41, 5.74) is 2.00. The molecule has 0 bridgehead atoms. The molecular weight excluding hydrogens is 322 g/mol. The van der Waals surface area contributed by atoms with E-state index in [1.165, 1.54) is 5.56 Å². The van der Waals surface area contributed by atoms with Crippen LogP contribution in [0.4, 0.5) is 0 Å². The molecule has 3 aromatic rings. The lowest BCUT2D eigenvalue weighted by Gasteiger charge is -2.22. The summed E-state index contributed by atoms with van der Waals surface area (Å²) in [6.07, 6.45) is 0. The molecule has 0 saturated carbocycles. The maximum absolute atomic E-state index is 6.17. The number of hydrogen-bond donors (Lipinski definition) is 1. The molecule has 0 aliphatic heterocycles. The summed E-state index contributed by atoms with van der Waals surface area (Å²) in [5, 5.41) is 12.3. The molecule has 24 heavy (non-hydrogen) atoms. The molecule has 0 aliphatic carbocycles. The maximum atomic E-state index is 6.17. The van der Waals surface area contributed by atoms with Gasteiger partial charge in [0.1, 0.15) is 0 Å². The van der Waals surface area contributed by atoms with Gasteiger partial charge in [-0.3, -0.25) is 0 Å². The number of rotatable bonds is 6. The van der Waals surface area contributed by atoms with E-state index in [4.69, 9.17) is 16.0 Å². The highest BCUT2D eigenvalue weighted by Gasteiger charge is 2.17. The Morgan fingerprint density at radius 1 is 1.00 bits per heavy atom. The number of benzene rings is 2. The van der Waals surface area contributed by atoms with Gasteiger partial charge in [-0.2, -0.15) is 0 Å². The fourth-order valence-corrected chi connectivity index (χ4v) is 2.88. The Morgan fingerprint density at radius 2 is 1.71 bits per heavy atom. The minimum absolute atomic E-state index is 0.224. The van der Waals surface area contributed by atoms with E-state index in [-0.39, 0.29) is 6.04 Å². The second-order valence-corrected chi connectivity index (χ2v) is 6.40. The van der Waals surface area contributed by atoms with Gasteiger partial charge in [0.25, 0.3) is 0 Å². The predicted octanol–water partition coefficient (Wildman–Crippen LogP) is 4.88. The van der Waals surface area contributed by atoms with Crippen LogP contribution in [0.3, 0.4) is 0 Å². The number of halogens is 1. The van der Waals surface area contributed by atoms with Gasteiger partial charge in [0, 0.05) is 6.04 Å². The second kappa shape index (κ2) is 7.60. The third-order valence-electron chi connectivity index (χ3n) is 3.87. The molecule has 1 N–H and O–H groups in total. The number of aromatic nitrogens is 2. The molecule has 0 aliphatic rings. The summed E-state index contributed by atoms with van der Waals surface area (Å²) >= 11 is 6.17. The van der Waals surface area contributed by atoms with Crippen LogP contribution in [-0.4, -0.2) is 10.2 Å². The van der Waals surface area contributed by atoms with Crippen LogP contribution in [0, 0.1) is 5.92 Å². The van der Waals surface area contributed by atoms with Gasteiger partial charge >= 0.3 is 0 Å². The van der Waals surface area contributed by atoms with Crippen LogP contribution >= 0.6 is 11.6 Å². The molecule has 0 spiro atoms. The van der Waals surface area contributed by atoms with Crippen molar-refractivity contribution in [3.05, 3.63) is 71.1 Å². The summed E-state index contributed by atoms with van der Waals surface area (Å²) in [5.74, 6) is 1.43. The Labute approximate surface area is 146 Å². The minimum atomic E-state index is 0.224. The molecule has 0 saturated heterocycles. The van der Waals surface area contributed by atoms with Crippen LogP contribution in [0.1, 0.15) is 31.3 Å². The van der Waals surface area contributed by atoms with Gasteiger partial charge in [0.2, 0.25) is 11.8 Å². The van der Waals surface area contributed by atoms with E-state index >= 15 is 0 Å². The third kappa shape index (κ3) is 3.83. The average Bonchev–Trinajstić information content (AvgIpc) is 3.05. The Morgan fingerprint density at radius 3 is 2.42 bits per heavy atom. The lowest BCUT2D eigenvalue weighted by atomic mass is 9.96. The van der Waals surface area contributed by atoms with Gasteiger partial charge < -0.3 is 9.73 Å². The summed E-state index contributed by atoms with van der Waals surface area (Å²) in [6.45, 7) is 4.89. The zero-order valence-corrected chi connectivity index (χ0v) is 14.5. The van der Waals surface area contributed by atoms with Gasteiger partial charge in [-0.05, 0) is 23.6 Å². The van der Waals surface area contributed by atoms with Crippen LogP contribution < -0.4 is 5.32 Å². The third-order valence-corrected chi connectivity index (χ3v) is 4.20. The van der Waals surface area contributed by atoms with Gasteiger partial charge in [0.05, 0.1) is 17.1 Å². The number of nitrogens with one attached hydrogen (secondary N) is 1. The summed E-state index contributed by atoms with van der Waals surface area (Å²) in [4.78, 5) is 0. The van der Waals surface area contributed by atoms with Gasteiger partial charge in [-0.25, -0.2) is 0 Å². The first-order chi connectivity index (χ1) is 11.6. The van der Waals surface area contributed by atoms with Crippen LogP contribution in [0.25, 0.3) is 11.5 Å². The summed E-state index contributed by atoms with van der Waals surface area (Å²) < 4.78 is 5.75. The molecule has 124 valence electrons. The first-order valence-corrected chi connectivity index (χ1v) is 8.38. The van der Waals surface area contributed by atoms with Crippen molar-refractivity contribution < 1.29 is 4.42 Å². The number of nitrogens with zero attached hydrogens (tertiary/aromatic N) is 2. The minimum Gasteiger partial charge on any atom is -0.419 e. The van der Waals surface area contributed by atoms with Crippen molar-refractivity contribution in [1.29, 1.82) is 0 Å². The second-order valence-electron chi connectivity index (χ2n) is 5.99. The lowest BCUT2D eigenvalue weighted by molar-refractivity contribution is 0.380. The largest absolute Gasteiger partial charge is 0.419 e. The van der Waals surface area contributed by atoms with Crippen molar-refractivity contribution in [2.45, 2.75) is 26.4 Å². The Kier molecular flexibility index (Phi) is 5.28. The van der Waals surface area contributed by atoms with E-state index in [0.29, 0.717) is 29.3 Å². The molecule has 2 aromatic carbocycles. The molecule has 1 unspecified atom stereocenters. The molecule has 1 aromatic heterocycles. The zero-order valence-electron chi connectivity index (χ0n) is 13.7. The standard InChI is InChI=1S/C19H20ClN3O/c1-13(2)18(14-8-4-3-5-9-14)21-12-17-22-23-19(24-17)15-10-6-7-11-16(15)20/h3-11,13,18,21H,12H2,1-2H3. The van der Waals surface area contributed by atoms with Crippen molar-refractivity contribution in [3.8, 4) is 11.5 Å². The normalized spacial score (nSPS) is 12.5. The first kappa shape index (κ1) is 16.7. The van der Waals surface area contributed by atoms with Gasteiger partial charge in [0.15, 0.2) is 0 Å². The highest BCUT2D eigenvalue weighted by Crippen LogP contribution is 2.27. The summed E-state index contributed by atoms with van der Waals surface area (Å²) in [7, 11) is 0. The van der Waals surface area contributed by atoms with Gasteiger partial charge in [-0.1, -0.05) is 67.9 Å². The van der Waals surface area contributed by atoms with Crippen LogP contribution in [0.5, 0.6) is 0 Å². The van der Waals surface area contributed by atoms with E-state index in [0.717, 1.165) is 5.56 Å². The van der Waals surface area contributed by atoms with Crippen molar-refractivity contribution in [2.24, 2.45) is 5.92 Å². The SMILES string of the molecule is CC(C)C(NCc1nnc(-c2ccccc2Cl)o1)c1ccccc1. The van der Waals surface area contributed by atoms with Crippen LogP contribution in [-0.2, 0) is 6.54 Å². The van der Waals surface area contributed by atoms with E-state index in [1.807, 2.05) is 30.3 Å². The Balaban J connectivity index is 1.72. The van der Waals surface area contributed by atoms with Crippen LogP contribution in [0.15, 0.2) is 59.0 Å². The smallest absolute Gasteiger partial charge is 0.249 e. The van der Waals surface area contributed by atoms with Crippen LogP contribution in [0.2, 0.25) is 5.02 Å². The molecule has 1 heterocycles. The molecule has 1 atom stereocenters. The monoisotopic (exact) mass is 341 g/mol. The highest BCUT2D eigenvalue weighted by atomic mass is 35.5. The molecule has 3 rings (SSSR count). The maximum Gasteiger partial charge on any atom is 0.249 e. The van der Waals surface area contributed by atoms with E-state index < -0.39 is 0 Å². The summed E-state index contributed by atoms with van der Waals surface area (Å²) in [6, 6.07) is 18.0.